The summed E-state index contributed by atoms with van der Waals surface area (Å²) >= 11 is 0. The summed E-state index contributed by atoms with van der Waals surface area (Å²) in [7, 11) is -54.2. The fraction of sp³-hybridized carbons (Fsp3) is 1.00. The average Bonchev–Trinajstić information content (AvgIpc) is 0.886. The average molecular weight is 2090 g/mol. The highest BCUT2D eigenvalue weighted by molar-refractivity contribution is 7.48. The lowest BCUT2D eigenvalue weighted by atomic mass is 10.2. The van der Waals surface area contributed by atoms with Crippen LogP contribution in [0.5, 0.6) is 0 Å². The van der Waals surface area contributed by atoms with Crippen LogP contribution in [0.2, 0.25) is 0 Å². The molecule has 16 unspecified atom stereocenters. The van der Waals surface area contributed by atoms with Crippen molar-refractivity contribution in [3.05, 3.63) is 0 Å². The van der Waals surface area contributed by atoms with E-state index >= 15 is 0 Å². The molecule has 758 valence electrons. The molecule has 8 N–H and O–H groups in total. The molecule has 0 aromatic rings. The Bertz CT molecular complexity index is 3410. The quantitative estimate of drug-likeness (QED) is 0.0180. The number of aliphatic hydroxyl groups is 1. The molecule has 0 saturated heterocycles. The molecular formula is C55H118N5O54P12-11. The lowest BCUT2D eigenvalue weighted by Crippen LogP contribution is -2.30. The Morgan fingerprint density at radius 1 is 0.206 bits per heavy atom. The second-order valence-electron chi connectivity index (χ2n) is 25.1. The van der Waals surface area contributed by atoms with Gasteiger partial charge in [-0.15, -0.1) is 0 Å². The van der Waals surface area contributed by atoms with E-state index in [0.717, 1.165) is 0 Å². The van der Waals surface area contributed by atoms with Gasteiger partial charge in [0.15, 0.2) is 0 Å². The molecule has 0 rings (SSSR count). The number of unbranched alkanes of at least 4 members (excludes halogenated alkanes) is 12. The number of rotatable bonds is 94. The third kappa shape index (κ3) is 78.9. The predicted octanol–water partition coefficient (Wildman–Crippen LogP) is -2.34. The number of phosphoric ester groups is 12. The first kappa shape index (κ1) is 127. The fourth-order valence-electron chi connectivity index (χ4n) is 8.56. The molecule has 126 heavy (non-hydrogen) atoms. The first-order valence-electron chi connectivity index (χ1n) is 38.2. The molecule has 0 saturated carbocycles. The summed E-state index contributed by atoms with van der Waals surface area (Å²) in [6.07, 6.45) is -3.03. The molecule has 71 heteroatoms. The van der Waals surface area contributed by atoms with E-state index in [1.165, 1.54) is 35.2 Å². The van der Waals surface area contributed by atoms with Crippen LogP contribution in [0, 0.1) is 0 Å². The third-order valence-electron chi connectivity index (χ3n) is 13.9. The standard InChI is InChI=1S/C55H129N5O54P12/c1-56-46-87-37-51(36-61)111-124(81,82)103-33-30-100-120(73,74)108-44-54(40-90-49-59-4)113-126(85,86)105-35-32-102-122(77,78)109-45-55(41-91-50-60-5)114-125(83,84)104-34-31-101-121(75,76)107-43-53(39-89-48-58-3)112-123(79,80)99-29-21-13-12-19-27-97-118(69,70)95-25-17-9-8-15-23-93-116(65,66)92-22-14-6-7-16-24-94-117(67,68)96-26-18-10-11-20-28-98-119(71,72)106-42-52(38-88-47-57-2)110-115(62,63)64/h51-61H,6-50H2,1-5H3,(H,65,66)(H,67,68)(H,69,70)(H,71,72)(H,73,74)(H,75,76)(H,77,78)(H,79,80)(H,81,82)(H,83,84)(H,85,86)(H2,62,63,64)/p-11. The van der Waals surface area contributed by atoms with Crippen molar-refractivity contribution in [3.63, 3.8) is 0 Å². The van der Waals surface area contributed by atoms with Crippen molar-refractivity contribution in [1.82, 2.24) is 26.6 Å². The van der Waals surface area contributed by atoms with Gasteiger partial charge in [-0.1, -0.05) is 51.4 Å². The van der Waals surface area contributed by atoms with Crippen LogP contribution in [0.3, 0.4) is 0 Å². The monoisotopic (exact) mass is 2080 g/mol. The molecule has 0 radical (unpaired) electrons. The van der Waals surface area contributed by atoms with Gasteiger partial charge in [0, 0.05) is 0 Å². The maximum atomic E-state index is 12.8. The summed E-state index contributed by atoms with van der Waals surface area (Å²) < 4.78 is 281. The summed E-state index contributed by atoms with van der Waals surface area (Å²) in [5.41, 5.74) is 0. The first-order valence-corrected chi connectivity index (χ1v) is 55.8. The van der Waals surface area contributed by atoms with Crippen LogP contribution in [0.15, 0.2) is 0 Å². The molecule has 0 fully saturated rings. The van der Waals surface area contributed by atoms with E-state index in [2.05, 4.69) is 76.3 Å². The smallest absolute Gasteiger partial charge is 0.470 e. The molecule has 0 amide bonds. The normalized spacial score (nSPS) is 19.0. The number of ether oxygens (including phenoxy) is 5. The van der Waals surface area contributed by atoms with Gasteiger partial charge < -0.3 is 192 Å². The van der Waals surface area contributed by atoms with Gasteiger partial charge in [0.1, 0.15) is 30.5 Å². The zero-order chi connectivity index (χ0) is 95.0. The highest BCUT2D eigenvalue weighted by Gasteiger charge is 2.29. The van der Waals surface area contributed by atoms with Gasteiger partial charge >= 0.3 is 7.82 Å². The topological polar surface area (TPSA) is 838 Å². The minimum absolute atomic E-state index is 0.0163. The summed E-state index contributed by atoms with van der Waals surface area (Å²) in [4.78, 5) is 154. The molecule has 0 aliphatic heterocycles. The minimum Gasteiger partial charge on any atom is -0.756 e. The predicted molar refractivity (Wildman–Crippen MR) is 408 cm³/mol. The summed E-state index contributed by atoms with van der Waals surface area (Å²) in [5, 5.41) is 22.2. The molecule has 0 aliphatic carbocycles. The highest BCUT2D eigenvalue weighted by Crippen LogP contribution is 2.49. The fourth-order valence-corrected chi connectivity index (χ4v) is 17.8. The molecule has 0 spiro atoms. The van der Waals surface area contributed by atoms with Crippen molar-refractivity contribution >= 4 is 93.9 Å². The van der Waals surface area contributed by atoms with Crippen molar-refractivity contribution in [2.24, 2.45) is 0 Å². The van der Waals surface area contributed by atoms with E-state index in [4.69, 9.17) is 87.8 Å². The molecule has 0 aliphatic rings. The number of hydrogen-bond donors (Lipinski definition) is 8. The maximum Gasteiger partial charge on any atom is 0.470 e. The van der Waals surface area contributed by atoms with Crippen molar-refractivity contribution in [2.75, 3.05) is 227 Å². The number of nitrogens with one attached hydrogen (secondary N) is 5. The Balaban J connectivity index is 4.67. The third-order valence-corrected chi connectivity index (χ3v) is 25.6. The Morgan fingerprint density at radius 2 is 0.357 bits per heavy atom. The van der Waals surface area contributed by atoms with Crippen molar-refractivity contribution in [3.8, 4) is 0 Å². The Kier molecular flexibility index (Phi) is 71.8. The minimum atomic E-state index is -5.55. The van der Waals surface area contributed by atoms with Gasteiger partial charge in [0.2, 0.25) is 0 Å². The van der Waals surface area contributed by atoms with Gasteiger partial charge in [-0.25, -0.2) is 4.57 Å². The molecule has 0 bridgehead atoms. The second-order valence-corrected chi connectivity index (χ2v) is 41.6. The Morgan fingerprint density at radius 3 is 0.540 bits per heavy atom. The largest absolute Gasteiger partial charge is 0.756 e. The lowest BCUT2D eigenvalue weighted by Gasteiger charge is -2.31. The van der Waals surface area contributed by atoms with E-state index in [-0.39, 0.29) is 131 Å². The van der Waals surface area contributed by atoms with Crippen molar-refractivity contribution in [1.29, 1.82) is 0 Å². The van der Waals surface area contributed by atoms with Crippen LogP contribution < -0.4 is 80.4 Å². The molecule has 0 aromatic carbocycles. The van der Waals surface area contributed by atoms with Crippen LogP contribution in [-0.2, 0) is 183 Å². The van der Waals surface area contributed by atoms with E-state index in [1.54, 1.807) is 0 Å². The van der Waals surface area contributed by atoms with Crippen LogP contribution in [0.25, 0.3) is 0 Å². The summed E-state index contributed by atoms with van der Waals surface area (Å²) in [6.45, 7) is -17.0. The number of phosphoric acid groups is 12. The van der Waals surface area contributed by atoms with Crippen LogP contribution in [0.4, 0.5) is 0 Å². The zero-order valence-corrected chi connectivity index (χ0v) is 80.5. The first-order chi connectivity index (χ1) is 59.0. The van der Waals surface area contributed by atoms with Gasteiger partial charge in [-0.3, -0.25) is 81.3 Å². The lowest BCUT2D eigenvalue weighted by molar-refractivity contribution is -0.244. The molecule has 0 aromatic heterocycles. The zero-order valence-electron chi connectivity index (χ0n) is 69.7. The van der Waals surface area contributed by atoms with Gasteiger partial charge in [-0.05, 0) is 86.6 Å². The van der Waals surface area contributed by atoms with Crippen molar-refractivity contribution < 1.29 is 251 Å². The SMILES string of the molecule is CNCOCC(COP(=O)([O-])OCCCCCCOP(=O)([O-])OCCCCCCOP(=O)([O-])OCCCCCCOP(=O)([O-])OCCCCCCOP(=O)([O-])OC(COCNC)COP(=O)([O-])OCCOP(=O)([O-])OC(COCNC)COP(=O)([O-])OCCOP(=O)([O-])OC(COCNC)COP(=O)([O-])OCCOP(=O)([O-])OC(CO)COCNC)OP(=O)(O)O. The Hall–Kier alpha value is 0.880. The van der Waals surface area contributed by atoms with Gasteiger partial charge in [0.05, 0.1) is 192 Å². The number of hydrogen-bond acceptors (Lipinski definition) is 57. The van der Waals surface area contributed by atoms with Gasteiger partial charge in [0.25, 0.3) is 86.0 Å². The van der Waals surface area contributed by atoms with E-state index in [0.29, 0.717) is 57.8 Å². The number of aliphatic hydroxyl groups excluding tert-OH is 1. The maximum absolute atomic E-state index is 12.8. The van der Waals surface area contributed by atoms with E-state index in [9.17, 15) is 114 Å². The summed E-state index contributed by atoms with van der Waals surface area (Å²) in [5.74, 6) is 0. The van der Waals surface area contributed by atoms with Crippen molar-refractivity contribution in [2.45, 2.75) is 133 Å². The molecule has 0 heterocycles. The van der Waals surface area contributed by atoms with Crippen LogP contribution in [-0.4, -0.2) is 273 Å². The molecule has 16 atom stereocenters. The van der Waals surface area contributed by atoms with E-state index in [1.807, 2.05) is 0 Å². The van der Waals surface area contributed by atoms with Crippen LogP contribution >= 0.6 is 93.9 Å². The highest BCUT2D eigenvalue weighted by atomic mass is 31.2. The molecular weight excluding hydrogens is 1970 g/mol. The summed E-state index contributed by atoms with van der Waals surface area (Å²) in [6, 6.07) is 0. The van der Waals surface area contributed by atoms with E-state index < -0.39 is 230 Å². The second kappa shape index (κ2) is 71.3. The Labute approximate surface area is 729 Å². The van der Waals surface area contributed by atoms with Gasteiger partial charge in [-0.2, -0.15) is 0 Å². The molecule has 59 nitrogen and oxygen atoms in total. The van der Waals surface area contributed by atoms with Crippen LogP contribution in [0.1, 0.15) is 103 Å².